The summed E-state index contributed by atoms with van der Waals surface area (Å²) in [6.45, 7) is 2.51. The Kier molecular flexibility index (Phi) is 5.38. The van der Waals surface area contributed by atoms with E-state index in [-0.39, 0.29) is 11.3 Å². The van der Waals surface area contributed by atoms with E-state index in [0.717, 1.165) is 9.08 Å². The Labute approximate surface area is 158 Å². The number of rotatable bonds is 4. The molecule has 1 N–H and O–H groups in total. The van der Waals surface area contributed by atoms with E-state index in [1.807, 2.05) is 0 Å². The Hall–Kier alpha value is -3.31. The van der Waals surface area contributed by atoms with Crippen LogP contribution in [0.25, 0.3) is 5.65 Å². The number of fused-ring (bicyclic) bond motifs is 1. The highest BCUT2D eigenvalue weighted by Crippen LogP contribution is 2.25. The molecule has 1 aliphatic carbocycles. The summed E-state index contributed by atoms with van der Waals surface area (Å²) in [6, 6.07) is -0.592. The molecular weight excluding hydrogens is 372 g/mol. The number of amides is 1. The van der Waals surface area contributed by atoms with E-state index in [2.05, 4.69) is 20.6 Å². The summed E-state index contributed by atoms with van der Waals surface area (Å²) in [7, 11) is 1.43. The van der Waals surface area contributed by atoms with Gasteiger partial charge in [-0.05, 0) is 19.3 Å². The number of carbonyl (C=O) groups is 3. The summed E-state index contributed by atoms with van der Waals surface area (Å²) in [5.41, 5.74) is -0.569. The number of carbonyl (C=O) groups excluding carboxylic acids is 3. The number of ether oxygens (including phenoxy) is 2. The van der Waals surface area contributed by atoms with Crippen molar-refractivity contribution >= 4 is 23.5 Å². The first-order valence-corrected chi connectivity index (χ1v) is 8.70. The van der Waals surface area contributed by atoms with E-state index in [1.54, 1.807) is 0 Å². The van der Waals surface area contributed by atoms with Gasteiger partial charge in [0.15, 0.2) is 17.4 Å². The molecular formula is C16H20N6O6. The average molecular weight is 392 g/mol. The Morgan fingerprint density at radius 3 is 2.57 bits per heavy atom. The molecule has 0 spiro atoms. The van der Waals surface area contributed by atoms with Gasteiger partial charge in [-0.3, -0.25) is 14.4 Å². The quantitative estimate of drug-likeness (QED) is 0.645. The van der Waals surface area contributed by atoms with Crippen LogP contribution in [0, 0.1) is 0 Å². The van der Waals surface area contributed by atoms with Crippen LogP contribution in [0.2, 0.25) is 0 Å². The van der Waals surface area contributed by atoms with Crippen molar-refractivity contribution in [3.8, 4) is 0 Å². The molecule has 150 valence electrons. The van der Waals surface area contributed by atoms with Crippen molar-refractivity contribution in [3.05, 3.63) is 22.5 Å². The van der Waals surface area contributed by atoms with Crippen LogP contribution in [-0.4, -0.2) is 60.5 Å². The van der Waals surface area contributed by atoms with Crippen LogP contribution >= 0.6 is 0 Å². The maximum atomic E-state index is 12.7. The van der Waals surface area contributed by atoms with E-state index in [4.69, 9.17) is 9.47 Å². The largest absolute Gasteiger partial charge is 0.459 e. The second-order valence-corrected chi connectivity index (χ2v) is 6.52. The van der Waals surface area contributed by atoms with Gasteiger partial charge in [-0.15, -0.1) is 5.10 Å². The third kappa shape index (κ3) is 3.85. The van der Waals surface area contributed by atoms with Crippen LogP contribution in [0.1, 0.15) is 43.6 Å². The van der Waals surface area contributed by atoms with Crippen LogP contribution in [0.5, 0.6) is 0 Å². The fourth-order valence-electron chi connectivity index (χ4n) is 3.25. The first-order valence-electron chi connectivity index (χ1n) is 8.70. The van der Waals surface area contributed by atoms with Crippen LogP contribution in [0.15, 0.2) is 11.1 Å². The van der Waals surface area contributed by atoms with Crippen LogP contribution < -0.4 is 11.0 Å². The van der Waals surface area contributed by atoms with Gasteiger partial charge in [0.05, 0.1) is 6.04 Å². The topological polar surface area (TPSA) is 147 Å². The molecule has 1 amide bonds. The van der Waals surface area contributed by atoms with E-state index in [0.29, 0.717) is 19.3 Å². The van der Waals surface area contributed by atoms with Gasteiger partial charge >= 0.3 is 17.6 Å². The van der Waals surface area contributed by atoms with Gasteiger partial charge in [0.2, 0.25) is 0 Å². The third-order valence-electron chi connectivity index (χ3n) is 4.42. The lowest BCUT2D eigenvalue weighted by molar-refractivity contribution is -0.171. The molecule has 2 aromatic heterocycles. The molecule has 0 aromatic carbocycles. The maximum absolute atomic E-state index is 12.7. The van der Waals surface area contributed by atoms with E-state index >= 15 is 0 Å². The Morgan fingerprint density at radius 1 is 1.18 bits per heavy atom. The summed E-state index contributed by atoms with van der Waals surface area (Å²) >= 11 is 0. The highest BCUT2D eigenvalue weighted by Gasteiger charge is 2.39. The molecule has 1 aliphatic rings. The minimum Gasteiger partial charge on any atom is -0.459 e. The lowest BCUT2D eigenvalue weighted by Crippen LogP contribution is -2.54. The van der Waals surface area contributed by atoms with Gasteiger partial charge in [-0.25, -0.2) is 14.2 Å². The van der Waals surface area contributed by atoms with Crippen molar-refractivity contribution in [2.75, 3.05) is 0 Å². The number of aromatic nitrogens is 5. The molecule has 0 aliphatic heterocycles. The number of esters is 2. The van der Waals surface area contributed by atoms with Gasteiger partial charge < -0.3 is 14.8 Å². The SMILES string of the molecule is CC(=O)OC1CCCC(NC(=O)c2ncn3c(=O)n(C)nnc23)C1OC(C)=O. The number of imidazole rings is 1. The maximum Gasteiger partial charge on any atom is 0.352 e. The lowest BCUT2D eigenvalue weighted by Gasteiger charge is -2.36. The minimum atomic E-state index is -0.827. The first kappa shape index (κ1) is 19.5. The molecule has 0 bridgehead atoms. The summed E-state index contributed by atoms with van der Waals surface area (Å²) in [4.78, 5) is 51.6. The van der Waals surface area contributed by atoms with Crippen molar-refractivity contribution < 1.29 is 23.9 Å². The molecule has 0 saturated heterocycles. The van der Waals surface area contributed by atoms with Crippen LogP contribution in [0.3, 0.4) is 0 Å². The van der Waals surface area contributed by atoms with E-state index in [1.165, 1.54) is 27.2 Å². The number of aryl methyl sites for hydroxylation is 1. The Bertz CT molecular complexity index is 982. The molecule has 3 atom stereocenters. The molecule has 2 aromatic rings. The zero-order valence-electron chi connectivity index (χ0n) is 15.6. The predicted molar refractivity (Wildman–Crippen MR) is 92.2 cm³/mol. The van der Waals surface area contributed by atoms with Crippen LogP contribution in [0.4, 0.5) is 0 Å². The minimum absolute atomic E-state index is 0.0111. The molecule has 1 fully saturated rings. The summed E-state index contributed by atoms with van der Waals surface area (Å²) in [5.74, 6) is -1.65. The van der Waals surface area contributed by atoms with Gasteiger partial charge in [-0.1, -0.05) is 5.21 Å². The van der Waals surface area contributed by atoms with Crippen molar-refractivity contribution in [2.45, 2.75) is 51.4 Å². The number of hydrogen-bond donors (Lipinski definition) is 1. The third-order valence-corrected chi connectivity index (χ3v) is 4.42. The molecule has 3 unspecified atom stereocenters. The molecule has 12 nitrogen and oxygen atoms in total. The zero-order valence-corrected chi connectivity index (χ0v) is 15.6. The molecule has 28 heavy (non-hydrogen) atoms. The van der Waals surface area contributed by atoms with Crippen LogP contribution in [-0.2, 0) is 26.1 Å². The fourth-order valence-corrected chi connectivity index (χ4v) is 3.25. The Morgan fingerprint density at radius 2 is 1.89 bits per heavy atom. The predicted octanol–water partition coefficient (Wildman–Crippen LogP) is -1.03. The monoisotopic (exact) mass is 392 g/mol. The first-order chi connectivity index (χ1) is 13.3. The van der Waals surface area contributed by atoms with Gasteiger partial charge in [0.25, 0.3) is 5.91 Å². The smallest absolute Gasteiger partial charge is 0.352 e. The molecule has 3 rings (SSSR count). The van der Waals surface area contributed by atoms with Crippen molar-refractivity contribution in [1.29, 1.82) is 0 Å². The second kappa shape index (κ2) is 7.74. The summed E-state index contributed by atoms with van der Waals surface area (Å²) < 4.78 is 12.7. The number of hydrogen-bond acceptors (Lipinski definition) is 9. The van der Waals surface area contributed by atoms with Crippen molar-refractivity contribution in [3.63, 3.8) is 0 Å². The van der Waals surface area contributed by atoms with Gasteiger partial charge in [0, 0.05) is 20.9 Å². The second-order valence-electron chi connectivity index (χ2n) is 6.52. The molecule has 0 radical (unpaired) electrons. The molecule has 1 saturated carbocycles. The summed E-state index contributed by atoms with van der Waals surface area (Å²) in [6.07, 6.45) is 1.39. The van der Waals surface area contributed by atoms with Gasteiger partial charge in [0.1, 0.15) is 12.4 Å². The average Bonchev–Trinajstić information content (AvgIpc) is 3.05. The van der Waals surface area contributed by atoms with Crippen molar-refractivity contribution in [1.82, 2.24) is 29.7 Å². The highest BCUT2D eigenvalue weighted by molar-refractivity contribution is 5.98. The van der Waals surface area contributed by atoms with Gasteiger partial charge in [-0.2, -0.15) is 4.68 Å². The zero-order chi connectivity index (χ0) is 20.4. The van der Waals surface area contributed by atoms with E-state index < -0.39 is 41.8 Å². The van der Waals surface area contributed by atoms with Crippen molar-refractivity contribution in [2.24, 2.45) is 7.05 Å². The normalized spacial score (nSPS) is 21.9. The lowest BCUT2D eigenvalue weighted by atomic mass is 9.89. The molecule has 2 heterocycles. The number of nitrogens with zero attached hydrogens (tertiary/aromatic N) is 5. The Balaban J connectivity index is 1.85. The van der Waals surface area contributed by atoms with E-state index in [9.17, 15) is 19.2 Å². The molecule has 12 heteroatoms. The highest BCUT2D eigenvalue weighted by atomic mass is 16.6. The summed E-state index contributed by atoms with van der Waals surface area (Å²) in [5, 5.41) is 10.2. The standard InChI is InChI=1S/C16H20N6O6/c1-8(23)27-11-6-4-5-10(13(11)28-9(2)24)18-15(25)12-14-19-20-21(3)16(26)22(14)7-17-12/h7,10-11,13H,4-6H2,1-3H3,(H,18,25). The fraction of sp³-hybridized carbons (Fsp3) is 0.562. The number of nitrogens with one attached hydrogen (secondary N) is 1.